The predicted molar refractivity (Wildman–Crippen MR) is 241 cm³/mol. The Morgan fingerprint density at radius 3 is 2.21 bits per heavy atom. The van der Waals surface area contributed by atoms with Crippen LogP contribution in [0.5, 0.6) is 0 Å². The molecule has 270 valence electrons. The molecule has 0 unspecified atom stereocenters. The first-order valence-corrected chi connectivity index (χ1v) is 19.7. The number of para-hydroxylation sites is 5. The van der Waals surface area contributed by atoms with Gasteiger partial charge in [0.05, 0.1) is 16.7 Å². The average molecular weight is 731 g/mol. The lowest BCUT2D eigenvalue weighted by molar-refractivity contribution is 0.669. The van der Waals surface area contributed by atoms with E-state index in [0.29, 0.717) is 0 Å². The minimum Gasteiger partial charge on any atom is -0.456 e. The summed E-state index contributed by atoms with van der Waals surface area (Å²) in [5.41, 5.74) is 13.7. The number of hydrogen-bond donors (Lipinski definition) is 0. The first-order valence-electron chi connectivity index (χ1n) is 19.7. The van der Waals surface area contributed by atoms with Crippen molar-refractivity contribution in [2.45, 2.75) is 12.8 Å². The number of fused-ring (bicyclic) bond motifs is 8. The van der Waals surface area contributed by atoms with Gasteiger partial charge in [-0.25, -0.2) is 0 Å². The van der Waals surface area contributed by atoms with Gasteiger partial charge < -0.3 is 13.9 Å². The second-order valence-electron chi connectivity index (χ2n) is 14.8. The molecule has 1 aliphatic carbocycles. The van der Waals surface area contributed by atoms with Crippen LogP contribution in [0.15, 0.2) is 205 Å². The minimum atomic E-state index is 0.917. The monoisotopic (exact) mass is 730 g/mol. The Bertz CT molecular complexity index is 3230. The molecule has 0 saturated heterocycles. The first-order chi connectivity index (χ1) is 28.3. The Hall–Kier alpha value is -7.36. The summed E-state index contributed by atoms with van der Waals surface area (Å²) in [6.45, 7) is 0. The van der Waals surface area contributed by atoms with E-state index in [2.05, 4.69) is 204 Å². The van der Waals surface area contributed by atoms with Gasteiger partial charge in [0.15, 0.2) is 0 Å². The zero-order chi connectivity index (χ0) is 37.7. The molecule has 0 fully saturated rings. The normalized spacial score (nSPS) is 13.1. The molecule has 0 atom stereocenters. The summed E-state index contributed by atoms with van der Waals surface area (Å²) in [4.78, 5) is 2.36. The van der Waals surface area contributed by atoms with E-state index in [0.717, 1.165) is 52.0 Å². The summed E-state index contributed by atoms with van der Waals surface area (Å²) < 4.78 is 8.65. The van der Waals surface area contributed by atoms with Gasteiger partial charge in [0.25, 0.3) is 0 Å². The van der Waals surface area contributed by atoms with Gasteiger partial charge in [-0.3, -0.25) is 0 Å². The van der Waals surface area contributed by atoms with Gasteiger partial charge in [-0.1, -0.05) is 140 Å². The van der Waals surface area contributed by atoms with Crippen molar-refractivity contribution in [3.8, 4) is 16.8 Å². The Morgan fingerprint density at radius 1 is 0.579 bits per heavy atom. The third-order valence-corrected chi connectivity index (χ3v) is 11.5. The highest BCUT2D eigenvalue weighted by atomic mass is 16.3. The number of benzene rings is 8. The van der Waals surface area contributed by atoms with Gasteiger partial charge in [0.2, 0.25) is 0 Å². The van der Waals surface area contributed by atoms with Gasteiger partial charge in [-0.15, -0.1) is 0 Å². The van der Waals surface area contributed by atoms with Crippen LogP contribution in [0.1, 0.15) is 24.0 Å². The van der Waals surface area contributed by atoms with Gasteiger partial charge in [-0.2, -0.15) is 0 Å². The van der Waals surface area contributed by atoms with Crippen molar-refractivity contribution in [1.82, 2.24) is 4.57 Å². The number of hydrogen-bond acceptors (Lipinski definition) is 2. The van der Waals surface area contributed by atoms with Crippen molar-refractivity contribution in [2.24, 2.45) is 0 Å². The Morgan fingerprint density at radius 2 is 1.33 bits per heavy atom. The fraction of sp³-hybridized carbons (Fsp3) is 0.0370. The molecular weight excluding hydrogens is 693 g/mol. The zero-order valence-electron chi connectivity index (χ0n) is 31.3. The maximum Gasteiger partial charge on any atom is 0.136 e. The summed E-state index contributed by atoms with van der Waals surface area (Å²) in [6, 6.07) is 63.3. The van der Waals surface area contributed by atoms with Crippen molar-refractivity contribution in [3.63, 3.8) is 0 Å². The van der Waals surface area contributed by atoms with E-state index >= 15 is 0 Å². The van der Waals surface area contributed by atoms with Gasteiger partial charge in [0, 0.05) is 50.2 Å². The number of anilines is 2. The van der Waals surface area contributed by atoms with E-state index in [-0.39, 0.29) is 0 Å². The van der Waals surface area contributed by atoms with E-state index in [1.807, 2.05) is 12.1 Å². The van der Waals surface area contributed by atoms with Gasteiger partial charge in [0.1, 0.15) is 11.2 Å². The first kappa shape index (κ1) is 33.0. The van der Waals surface area contributed by atoms with Crippen molar-refractivity contribution in [2.75, 3.05) is 4.90 Å². The summed E-state index contributed by atoms with van der Waals surface area (Å²) in [5.74, 6) is 0. The van der Waals surface area contributed by atoms with Crippen LogP contribution in [0.2, 0.25) is 0 Å². The van der Waals surface area contributed by atoms with Crippen molar-refractivity contribution < 1.29 is 4.42 Å². The summed E-state index contributed by atoms with van der Waals surface area (Å²) in [5, 5.41) is 7.21. The molecule has 0 spiro atoms. The lowest BCUT2D eigenvalue weighted by Crippen LogP contribution is -2.11. The lowest BCUT2D eigenvalue weighted by Gasteiger charge is -2.25. The van der Waals surface area contributed by atoms with Crippen LogP contribution in [0.25, 0.3) is 83.0 Å². The molecule has 10 aromatic rings. The Balaban J connectivity index is 1.05. The summed E-state index contributed by atoms with van der Waals surface area (Å²) >= 11 is 0. The Labute approximate surface area is 331 Å². The molecule has 0 N–H and O–H groups in total. The standard InChI is InChI=1S/C54H38N2O/c1-3-14-38(15-4-1)44-19-7-10-23-49(44)55(35-34-40-16-13-22-46-45-20-8-11-24-50(45)56(54(40)46)43-17-5-2-6-18-43)42-31-28-37(29-32-42)41-27-26-39-30-33-52-53(48(39)36-41)47-21-9-12-25-51(47)57-52/h1-3,5-14,16-36H,4,15H2. The molecule has 0 saturated carbocycles. The third kappa shape index (κ3) is 5.67. The molecule has 0 aliphatic heterocycles. The molecular formula is C54H38N2O. The van der Waals surface area contributed by atoms with Crippen molar-refractivity contribution in [1.29, 1.82) is 0 Å². The largest absolute Gasteiger partial charge is 0.456 e. The molecule has 3 heteroatoms. The second-order valence-corrected chi connectivity index (χ2v) is 14.8. The second kappa shape index (κ2) is 13.7. The zero-order valence-corrected chi connectivity index (χ0v) is 31.3. The minimum absolute atomic E-state index is 0.917. The molecule has 2 heterocycles. The number of furan rings is 1. The van der Waals surface area contributed by atoms with E-state index in [4.69, 9.17) is 4.42 Å². The summed E-state index contributed by atoms with van der Waals surface area (Å²) in [7, 11) is 0. The number of aromatic nitrogens is 1. The Kier molecular flexibility index (Phi) is 7.96. The molecule has 3 nitrogen and oxygen atoms in total. The van der Waals surface area contributed by atoms with Gasteiger partial charge in [-0.05, 0) is 101 Å². The van der Waals surface area contributed by atoms with E-state index < -0.39 is 0 Å². The van der Waals surface area contributed by atoms with Crippen LogP contribution in [0.3, 0.4) is 0 Å². The van der Waals surface area contributed by atoms with E-state index in [1.165, 1.54) is 60.2 Å². The fourth-order valence-corrected chi connectivity index (χ4v) is 8.80. The highest BCUT2D eigenvalue weighted by Gasteiger charge is 2.18. The highest BCUT2D eigenvalue weighted by molar-refractivity contribution is 6.19. The molecule has 0 amide bonds. The SMILES string of the molecule is C1=CCCC(c2ccccc2N(C=Cc2cccc3c4ccccc4n(-c4ccccc4)c23)c2ccc(-c3ccc4ccc5oc6ccccc6c5c4c3)cc2)=C1. The molecule has 11 rings (SSSR count). The fourth-order valence-electron chi connectivity index (χ4n) is 8.80. The number of nitrogens with zero attached hydrogens (tertiary/aromatic N) is 2. The number of rotatable bonds is 7. The topological polar surface area (TPSA) is 21.3 Å². The lowest BCUT2D eigenvalue weighted by atomic mass is 9.95. The highest BCUT2D eigenvalue weighted by Crippen LogP contribution is 2.40. The van der Waals surface area contributed by atoms with Crippen molar-refractivity contribution in [3.05, 3.63) is 211 Å². The smallest absolute Gasteiger partial charge is 0.136 e. The van der Waals surface area contributed by atoms with Crippen LogP contribution in [0, 0.1) is 0 Å². The average Bonchev–Trinajstić information content (AvgIpc) is 3.84. The van der Waals surface area contributed by atoms with E-state index in [9.17, 15) is 0 Å². The quantitative estimate of drug-likeness (QED) is 0.163. The maximum atomic E-state index is 6.25. The van der Waals surface area contributed by atoms with Gasteiger partial charge >= 0.3 is 0 Å². The van der Waals surface area contributed by atoms with Crippen LogP contribution in [0.4, 0.5) is 11.4 Å². The van der Waals surface area contributed by atoms with Crippen LogP contribution in [-0.4, -0.2) is 4.57 Å². The van der Waals surface area contributed by atoms with Crippen molar-refractivity contribution >= 4 is 77.5 Å². The maximum absolute atomic E-state index is 6.25. The van der Waals surface area contributed by atoms with Crippen LogP contribution in [-0.2, 0) is 0 Å². The molecule has 1 aliphatic rings. The summed E-state index contributed by atoms with van der Waals surface area (Å²) in [6.07, 6.45) is 13.3. The van der Waals surface area contributed by atoms with E-state index in [1.54, 1.807) is 0 Å². The predicted octanol–water partition coefficient (Wildman–Crippen LogP) is 15.0. The van der Waals surface area contributed by atoms with Crippen LogP contribution >= 0.6 is 0 Å². The molecule has 0 radical (unpaired) electrons. The molecule has 0 bridgehead atoms. The molecule has 57 heavy (non-hydrogen) atoms. The third-order valence-electron chi connectivity index (χ3n) is 11.5. The molecule has 8 aromatic carbocycles. The molecule has 2 aromatic heterocycles. The van der Waals surface area contributed by atoms with Crippen LogP contribution < -0.4 is 4.90 Å². The number of allylic oxidation sites excluding steroid dienone is 4.